The Morgan fingerprint density at radius 1 is 1.32 bits per heavy atom. The predicted octanol–water partition coefficient (Wildman–Crippen LogP) is 3.89. The smallest absolute Gasteiger partial charge is 0.146 e. The summed E-state index contributed by atoms with van der Waals surface area (Å²) in [5.41, 5.74) is 1.22. The number of aryl methyl sites for hydroxylation is 1. The molecule has 2 aliphatic heterocycles. The van der Waals surface area contributed by atoms with Gasteiger partial charge in [-0.1, -0.05) is 34.6 Å². The van der Waals surface area contributed by atoms with Gasteiger partial charge < -0.3 is 9.64 Å². The van der Waals surface area contributed by atoms with Crippen LogP contribution in [-0.2, 0) is 11.2 Å². The highest BCUT2D eigenvalue weighted by Gasteiger charge is 2.32. The molecule has 0 radical (unpaired) electrons. The fraction of sp³-hybridized carbons (Fsp3) is 0.765. The van der Waals surface area contributed by atoms with E-state index in [1.807, 2.05) is 25.6 Å². The lowest BCUT2D eigenvalue weighted by Crippen LogP contribution is -2.43. The summed E-state index contributed by atoms with van der Waals surface area (Å²) in [6.07, 6.45) is 2.07. The highest BCUT2D eigenvalue weighted by atomic mass is 32.2. The van der Waals surface area contributed by atoms with E-state index in [0.717, 1.165) is 50.0 Å². The van der Waals surface area contributed by atoms with Crippen molar-refractivity contribution in [3.63, 3.8) is 0 Å². The quantitative estimate of drug-likeness (QED) is 0.825. The van der Waals surface area contributed by atoms with Crippen molar-refractivity contribution in [2.24, 2.45) is 0 Å². The highest BCUT2D eigenvalue weighted by molar-refractivity contribution is 7.99. The molecule has 1 unspecified atom stereocenters. The first-order chi connectivity index (χ1) is 10.7. The molecule has 0 aliphatic carbocycles. The summed E-state index contributed by atoms with van der Waals surface area (Å²) in [7, 11) is 0. The van der Waals surface area contributed by atoms with E-state index in [-0.39, 0.29) is 0 Å². The van der Waals surface area contributed by atoms with Crippen LogP contribution < -0.4 is 4.90 Å². The van der Waals surface area contributed by atoms with Crippen LogP contribution in [0.2, 0.25) is 0 Å². The average molecular weight is 324 g/mol. The zero-order chi connectivity index (χ0) is 16.1. The fourth-order valence-electron chi connectivity index (χ4n) is 2.77. The van der Waals surface area contributed by atoms with Gasteiger partial charge in [0.1, 0.15) is 11.6 Å². The van der Waals surface area contributed by atoms with Gasteiger partial charge in [-0.25, -0.2) is 9.97 Å². The van der Waals surface area contributed by atoms with Crippen LogP contribution in [0.3, 0.4) is 0 Å². The molecule has 3 heterocycles. The molecule has 0 saturated carbocycles. The van der Waals surface area contributed by atoms with Crippen molar-refractivity contribution < 1.29 is 4.74 Å². The van der Waals surface area contributed by atoms with Crippen LogP contribution in [0.1, 0.15) is 58.5 Å². The molecule has 1 aromatic rings. The SMILES string of the molecule is CC.CCc1nc(C(C)C)nc2c1SCC1COCCCN21. The van der Waals surface area contributed by atoms with Gasteiger partial charge in [0, 0.05) is 24.8 Å². The summed E-state index contributed by atoms with van der Waals surface area (Å²) in [5.74, 6) is 3.60. The number of aromatic nitrogens is 2. The molecule has 0 spiro atoms. The Balaban J connectivity index is 0.000000847. The molecule has 0 N–H and O–H groups in total. The highest BCUT2D eigenvalue weighted by Crippen LogP contribution is 2.39. The molecule has 5 heteroatoms. The van der Waals surface area contributed by atoms with Gasteiger partial charge in [-0.05, 0) is 12.8 Å². The van der Waals surface area contributed by atoms with Gasteiger partial charge in [-0.15, -0.1) is 11.8 Å². The Kier molecular flexibility index (Phi) is 6.50. The number of ether oxygens (including phenoxy) is 1. The molecule has 4 nitrogen and oxygen atoms in total. The van der Waals surface area contributed by atoms with Gasteiger partial charge in [0.15, 0.2) is 0 Å². The van der Waals surface area contributed by atoms with E-state index < -0.39 is 0 Å². The topological polar surface area (TPSA) is 38.3 Å². The lowest BCUT2D eigenvalue weighted by Gasteiger charge is -2.36. The van der Waals surface area contributed by atoms with Gasteiger partial charge in [0.2, 0.25) is 0 Å². The second-order valence-corrected chi connectivity index (χ2v) is 6.81. The second kappa shape index (κ2) is 8.16. The van der Waals surface area contributed by atoms with E-state index in [9.17, 15) is 0 Å². The second-order valence-electron chi connectivity index (χ2n) is 5.78. The monoisotopic (exact) mass is 323 g/mol. The normalized spacial score (nSPS) is 20.6. The minimum absolute atomic E-state index is 0.374. The molecule has 1 atom stereocenters. The molecule has 1 saturated heterocycles. The Bertz CT molecular complexity index is 493. The Hall–Kier alpha value is -0.810. The van der Waals surface area contributed by atoms with Crippen LogP contribution in [0.5, 0.6) is 0 Å². The van der Waals surface area contributed by atoms with Crippen LogP contribution in [0, 0.1) is 0 Å². The molecule has 1 fully saturated rings. The van der Waals surface area contributed by atoms with E-state index in [4.69, 9.17) is 14.7 Å². The molecule has 0 aromatic carbocycles. The zero-order valence-corrected chi connectivity index (χ0v) is 15.4. The first-order valence-corrected chi connectivity index (χ1v) is 9.57. The van der Waals surface area contributed by atoms with Crippen molar-refractivity contribution in [2.45, 2.75) is 64.3 Å². The predicted molar refractivity (Wildman–Crippen MR) is 94.1 cm³/mol. The molecule has 3 rings (SSSR count). The van der Waals surface area contributed by atoms with Crippen molar-refractivity contribution in [1.82, 2.24) is 9.97 Å². The number of hydrogen-bond acceptors (Lipinski definition) is 5. The standard InChI is InChI=1S/C15H23N3OS.C2H6/c1-4-12-13-15(17-14(16-12)10(2)3)18-6-5-7-19-8-11(18)9-20-13;1-2/h10-11H,4-9H2,1-3H3;1-2H3. The molecule has 22 heavy (non-hydrogen) atoms. The molecule has 0 amide bonds. The van der Waals surface area contributed by atoms with Crippen LogP contribution in [0.25, 0.3) is 0 Å². The van der Waals surface area contributed by atoms with E-state index >= 15 is 0 Å². The van der Waals surface area contributed by atoms with Crippen molar-refractivity contribution >= 4 is 17.6 Å². The largest absolute Gasteiger partial charge is 0.379 e. The minimum Gasteiger partial charge on any atom is -0.379 e. The summed E-state index contributed by atoms with van der Waals surface area (Å²) in [6, 6.07) is 0.467. The first-order valence-electron chi connectivity index (χ1n) is 8.58. The Morgan fingerprint density at radius 3 is 2.77 bits per heavy atom. The molecular weight excluding hydrogens is 294 g/mol. The first kappa shape index (κ1) is 17.5. The summed E-state index contributed by atoms with van der Waals surface area (Å²) in [5, 5.41) is 0. The summed E-state index contributed by atoms with van der Waals surface area (Å²) in [6.45, 7) is 13.3. The van der Waals surface area contributed by atoms with Crippen LogP contribution in [0.15, 0.2) is 4.90 Å². The maximum Gasteiger partial charge on any atom is 0.146 e. The van der Waals surface area contributed by atoms with E-state index in [0.29, 0.717) is 12.0 Å². The van der Waals surface area contributed by atoms with Crippen molar-refractivity contribution in [1.29, 1.82) is 0 Å². The van der Waals surface area contributed by atoms with Crippen molar-refractivity contribution in [3.05, 3.63) is 11.5 Å². The number of hydrogen-bond donors (Lipinski definition) is 0. The third-order valence-corrected chi connectivity index (χ3v) is 5.18. The van der Waals surface area contributed by atoms with Crippen LogP contribution in [0.4, 0.5) is 5.82 Å². The molecule has 0 bridgehead atoms. The number of thioether (sulfide) groups is 1. The lowest BCUT2D eigenvalue weighted by atomic mass is 10.2. The third-order valence-electron chi connectivity index (χ3n) is 3.92. The van der Waals surface area contributed by atoms with E-state index in [1.54, 1.807) is 0 Å². The Morgan fingerprint density at radius 2 is 2.09 bits per heavy atom. The van der Waals surface area contributed by atoms with E-state index in [1.165, 1.54) is 10.6 Å². The van der Waals surface area contributed by atoms with Gasteiger partial charge in [0.25, 0.3) is 0 Å². The van der Waals surface area contributed by atoms with Crippen molar-refractivity contribution in [3.8, 4) is 0 Å². The minimum atomic E-state index is 0.374. The summed E-state index contributed by atoms with van der Waals surface area (Å²) < 4.78 is 5.71. The maximum absolute atomic E-state index is 5.71. The van der Waals surface area contributed by atoms with Gasteiger partial charge in [0.05, 0.1) is 23.2 Å². The van der Waals surface area contributed by atoms with Gasteiger partial charge in [-0.2, -0.15) is 0 Å². The van der Waals surface area contributed by atoms with Gasteiger partial charge in [-0.3, -0.25) is 0 Å². The average Bonchev–Trinajstić information content (AvgIpc) is 2.81. The summed E-state index contributed by atoms with van der Waals surface area (Å²) >= 11 is 1.91. The fourth-order valence-corrected chi connectivity index (χ4v) is 4.05. The molecule has 124 valence electrons. The summed E-state index contributed by atoms with van der Waals surface area (Å²) in [4.78, 5) is 13.4. The number of anilines is 1. The maximum atomic E-state index is 5.71. The lowest BCUT2D eigenvalue weighted by molar-refractivity contribution is 0.138. The number of fused-ring (bicyclic) bond motifs is 3. The van der Waals surface area contributed by atoms with Crippen molar-refractivity contribution in [2.75, 3.05) is 30.4 Å². The molecule has 2 aliphatic rings. The van der Waals surface area contributed by atoms with Crippen LogP contribution in [-0.4, -0.2) is 41.5 Å². The zero-order valence-electron chi connectivity index (χ0n) is 14.6. The Labute approximate surface area is 139 Å². The third kappa shape index (κ3) is 3.57. The molecular formula is C17H29N3OS. The van der Waals surface area contributed by atoms with E-state index in [2.05, 4.69) is 25.7 Å². The van der Waals surface area contributed by atoms with Crippen LogP contribution >= 0.6 is 11.8 Å². The molecule has 1 aromatic heterocycles. The number of rotatable bonds is 2. The number of nitrogens with zero attached hydrogens (tertiary/aromatic N) is 3. The van der Waals surface area contributed by atoms with Gasteiger partial charge >= 0.3 is 0 Å².